The Morgan fingerprint density at radius 3 is 2.70 bits per heavy atom. The van der Waals surface area contributed by atoms with Crippen molar-refractivity contribution in [2.24, 2.45) is 0 Å². The van der Waals surface area contributed by atoms with Crippen LogP contribution in [0.2, 0.25) is 0 Å². The van der Waals surface area contributed by atoms with Gasteiger partial charge in [-0.3, -0.25) is 4.79 Å². The van der Waals surface area contributed by atoms with Gasteiger partial charge >= 0.3 is 5.97 Å². The second kappa shape index (κ2) is 6.27. The van der Waals surface area contributed by atoms with Crippen LogP contribution in [-0.4, -0.2) is 36.8 Å². The molecule has 1 unspecified atom stereocenters. The van der Waals surface area contributed by atoms with Crippen molar-refractivity contribution in [1.82, 2.24) is 5.32 Å². The summed E-state index contributed by atoms with van der Waals surface area (Å²) in [4.78, 5) is 13.4. The molecule has 0 aliphatic heterocycles. The molecule has 0 bridgehead atoms. The van der Waals surface area contributed by atoms with Crippen molar-refractivity contribution in [1.29, 1.82) is 0 Å². The van der Waals surface area contributed by atoms with E-state index in [4.69, 9.17) is 0 Å². The molecule has 1 aromatic rings. The number of hydrogen-bond donors (Lipinski definition) is 2. The summed E-state index contributed by atoms with van der Waals surface area (Å²) < 4.78 is 0. The van der Waals surface area contributed by atoms with E-state index in [1.165, 1.54) is 16.8 Å². The van der Waals surface area contributed by atoms with Gasteiger partial charge in [-0.15, -0.1) is 0 Å². The SMILES string of the molecule is Cc1ccc(N(C)CCC(NC2CC2)C(=O)O)c(C)c1. The van der Waals surface area contributed by atoms with Crippen LogP contribution in [0.15, 0.2) is 18.2 Å². The summed E-state index contributed by atoms with van der Waals surface area (Å²) in [7, 11) is 2.02. The van der Waals surface area contributed by atoms with E-state index in [2.05, 4.69) is 42.3 Å². The lowest BCUT2D eigenvalue weighted by Gasteiger charge is -2.24. The number of aliphatic carboxylic acids is 1. The van der Waals surface area contributed by atoms with Crippen LogP contribution in [0.3, 0.4) is 0 Å². The second-order valence-electron chi connectivity index (χ2n) is 5.83. The predicted molar refractivity (Wildman–Crippen MR) is 81.4 cm³/mol. The molecule has 20 heavy (non-hydrogen) atoms. The average molecular weight is 276 g/mol. The fourth-order valence-corrected chi connectivity index (χ4v) is 2.49. The van der Waals surface area contributed by atoms with Gasteiger partial charge in [-0.2, -0.15) is 0 Å². The van der Waals surface area contributed by atoms with E-state index >= 15 is 0 Å². The molecule has 1 atom stereocenters. The van der Waals surface area contributed by atoms with Gasteiger partial charge in [-0.1, -0.05) is 17.7 Å². The Hall–Kier alpha value is -1.55. The fourth-order valence-electron chi connectivity index (χ4n) is 2.49. The highest BCUT2D eigenvalue weighted by Crippen LogP contribution is 2.22. The summed E-state index contributed by atoms with van der Waals surface area (Å²) in [6.07, 6.45) is 2.84. The zero-order valence-corrected chi connectivity index (χ0v) is 12.5. The third kappa shape index (κ3) is 3.97. The number of nitrogens with one attached hydrogen (secondary N) is 1. The summed E-state index contributed by atoms with van der Waals surface area (Å²) in [5, 5.41) is 12.4. The molecular formula is C16H24N2O2. The number of carbonyl (C=O) groups is 1. The maximum atomic E-state index is 11.2. The van der Waals surface area contributed by atoms with Crippen molar-refractivity contribution in [3.63, 3.8) is 0 Å². The lowest BCUT2D eigenvalue weighted by atomic mass is 10.1. The minimum absolute atomic E-state index is 0.419. The number of carboxylic acid groups (broad SMARTS) is 1. The van der Waals surface area contributed by atoms with E-state index in [0.29, 0.717) is 12.5 Å². The summed E-state index contributed by atoms with van der Waals surface area (Å²) in [5.41, 5.74) is 3.65. The van der Waals surface area contributed by atoms with Crippen LogP contribution >= 0.6 is 0 Å². The summed E-state index contributed by atoms with van der Waals surface area (Å²) >= 11 is 0. The first-order valence-corrected chi connectivity index (χ1v) is 7.24. The van der Waals surface area contributed by atoms with E-state index in [1.807, 2.05) is 7.05 Å². The van der Waals surface area contributed by atoms with Crippen LogP contribution < -0.4 is 10.2 Å². The number of nitrogens with zero attached hydrogens (tertiary/aromatic N) is 1. The van der Waals surface area contributed by atoms with Crippen molar-refractivity contribution < 1.29 is 9.90 Å². The van der Waals surface area contributed by atoms with Gasteiger partial charge in [-0.05, 0) is 44.7 Å². The first-order chi connectivity index (χ1) is 9.47. The van der Waals surface area contributed by atoms with Gasteiger partial charge in [0, 0.05) is 25.3 Å². The fraction of sp³-hybridized carbons (Fsp3) is 0.562. The lowest BCUT2D eigenvalue weighted by Crippen LogP contribution is -2.40. The molecule has 2 rings (SSSR count). The molecule has 1 aliphatic rings. The molecule has 4 nitrogen and oxygen atoms in total. The van der Waals surface area contributed by atoms with Gasteiger partial charge in [0.05, 0.1) is 0 Å². The molecule has 4 heteroatoms. The Bertz CT molecular complexity index is 483. The summed E-state index contributed by atoms with van der Waals surface area (Å²) in [6.45, 7) is 4.91. The molecule has 1 fully saturated rings. The monoisotopic (exact) mass is 276 g/mol. The van der Waals surface area contributed by atoms with Crippen LogP contribution in [-0.2, 0) is 4.79 Å². The zero-order chi connectivity index (χ0) is 14.7. The lowest BCUT2D eigenvalue weighted by molar-refractivity contribution is -0.139. The maximum absolute atomic E-state index is 11.2. The number of aryl methyl sites for hydroxylation is 2. The van der Waals surface area contributed by atoms with Crippen LogP contribution in [0.25, 0.3) is 0 Å². The maximum Gasteiger partial charge on any atom is 0.320 e. The minimum atomic E-state index is -0.745. The van der Waals surface area contributed by atoms with Crippen molar-refractivity contribution >= 4 is 11.7 Å². The van der Waals surface area contributed by atoms with E-state index in [9.17, 15) is 9.90 Å². The Kier molecular flexibility index (Phi) is 4.65. The quantitative estimate of drug-likeness (QED) is 0.802. The highest BCUT2D eigenvalue weighted by molar-refractivity contribution is 5.73. The molecule has 1 aromatic carbocycles. The molecule has 110 valence electrons. The molecule has 0 aromatic heterocycles. The Morgan fingerprint density at radius 2 is 2.15 bits per heavy atom. The van der Waals surface area contributed by atoms with Crippen LogP contribution in [0.4, 0.5) is 5.69 Å². The Labute approximate surface area is 120 Å². The summed E-state index contributed by atoms with van der Waals surface area (Å²) in [6, 6.07) is 6.34. The van der Waals surface area contributed by atoms with Gasteiger partial charge in [0.15, 0.2) is 0 Å². The Balaban J connectivity index is 1.92. The van der Waals surface area contributed by atoms with Gasteiger partial charge < -0.3 is 15.3 Å². The molecule has 0 amide bonds. The first kappa shape index (κ1) is 14.9. The normalized spacial score (nSPS) is 15.9. The molecule has 0 radical (unpaired) electrons. The number of benzene rings is 1. The number of anilines is 1. The van der Waals surface area contributed by atoms with Crippen molar-refractivity contribution in [2.75, 3.05) is 18.5 Å². The molecule has 0 spiro atoms. The minimum Gasteiger partial charge on any atom is -0.480 e. The van der Waals surface area contributed by atoms with Crippen LogP contribution in [0, 0.1) is 13.8 Å². The van der Waals surface area contributed by atoms with Gasteiger partial charge in [-0.25, -0.2) is 0 Å². The van der Waals surface area contributed by atoms with Gasteiger partial charge in [0.2, 0.25) is 0 Å². The van der Waals surface area contributed by atoms with Crippen LogP contribution in [0.1, 0.15) is 30.4 Å². The number of hydrogen-bond acceptors (Lipinski definition) is 3. The van der Waals surface area contributed by atoms with E-state index < -0.39 is 12.0 Å². The molecule has 1 aliphatic carbocycles. The third-order valence-electron chi connectivity index (χ3n) is 3.83. The summed E-state index contributed by atoms with van der Waals surface area (Å²) in [5.74, 6) is -0.745. The van der Waals surface area contributed by atoms with Gasteiger partial charge in [0.1, 0.15) is 6.04 Å². The molecule has 0 heterocycles. The topological polar surface area (TPSA) is 52.6 Å². The zero-order valence-electron chi connectivity index (χ0n) is 12.5. The van der Waals surface area contributed by atoms with E-state index in [1.54, 1.807) is 0 Å². The standard InChI is InChI=1S/C16H24N2O2/c1-11-4-7-15(12(2)10-11)18(3)9-8-14(16(19)20)17-13-5-6-13/h4,7,10,13-14,17H,5-6,8-9H2,1-3H3,(H,19,20). The molecule has 2 N–H and O–H groups in total. The first-order valence-electron chi connectivity index (χ1n) is 7.24. The van der Waals surface area contributed by atoms with Crippen LogP contribution in [0.5, 0.6) is 0 Å². The molecule has 0 saturated heterocycles. The molecular weight excluding hydrogens is 252 g/mol. The van der Waals surface area contributed by atoms with E-state index in [0.717, 1.165) is 19.4 Å². The largest absolute Gasteiger partial charge is 0.480 e. The Morgan fingerprint density at radius 1 is 1.45 bits per heavy atom. The predicted octanol–water partition coefficient (Wildman–Crippen LogP) is 2.33. The number of rotatable bonds is 7. The smallest absolute Gasteiger partial charge is 0.320 e. The van der Waals surface area contributed by atoms with Crippen molar-refractivity contribution in [2.45, 2.75) is 45.2 Å². The molecule has 1 saturated carbocycles. The number of carboxylic acids is 1. The third-order valence-corrected chi connectivity index (χ3v) is 3.83. The van der Waals surface area contributed by atoms with Gasteiger partial charge in [0.25, 0.3) is 0 Å². The highest BCUT2D eigenvalue weighted by atomic mass is 16.4. The highest BCUT2D eigenvalue weighted by Gasteiger charge is 2.28. The average Bonchev–Trinajstić information content (AvgIpc) is 3.17. The van der Waals surface area contributed by atoms with E-state index in [-0.39, 0.29) is 0 Å². The second-order valence-corrected chi connectivity index (χ2v) is 5.83. The van der Waals surface area contributed by atoms with Crippen molar-refractivity contribution in [3.05, 3.63) is 29.3 Å². The van der Waals surface area contributed by atoms with Crippen molar-refractivity contribution in [3.8, 4) is 0 Å².